The van der Waals surface area contributed by atoms with Gasteiger partial charge in [0.1, 0.15) is 5.75 Å². The first-order valence-electron chi connectivity index (χ1n) is 5.99. The van der Waals surface area contributed by atoms with Gasteiger partial charge in [-0.2, -0.15) is 0 Å². The summed E-state index contributed by atoms with van der Waals surface area (Å²) in [5, 5.41) is 3.71. The van der Waals surface area contributed by atoms with Crippen molar-refractivity contribution in [3.05, 3.63) is 58.1 Å². The molecule has 104 valence electrons. The molecule has 1 amide bonds. The Bertz CT molecular complexity index is 609. The van der Waals surface area contributed by atoms with Gasteiger partial charge in [-0.05, 0) is 36.8 Å². The van der Waals surface area contributed by atoms with Gasteiger partial charge in [-0.3, -0.25) is 4.79 Å². The van der Waals surface area contributed by atoms with Crippen molar-refractivity contribution >= 4 is 34.8 Å². The number of benzene rings is 2. The van der Waals surface area contributed by atoms with Crippen molar-refractivity contribution in [3.63, 3.8) is 0 Å². The highest BCUT2D eigenvalue weighted by Crippen LogP contribution is 2.24. The fourth-order valence-electron chi connectivity index (χ4n) is 1.66. The summed E-state index contributed by atoms with van der Waals surface area (Å²) in [7, 11) is 0. The summed E-state index contributed by atoms with van der Waals surface area (Å²) in [6.45, 7) is 1.82. The number of aryl methyl sites for hydroxylation is 1. The summed E-state index contributed by atoms with van der Waals surface area (Å²) >= 11 is 11.7. The molecule has 0 spiro atoms. The predicted octanol–water partition coefficient (Wildman–Crippen LogP) is 4.32. The predicted molar refractivity (Wildman–Crippen MR) is 81.8 cm³/mol. The Kier molecular flexibility index (Phi) is 4.88. The highest BCUT2D eigenvalue weighted by atomic mass is 35.5. The molecule has 0 aliphatic carbocycles. The van der Waals surface area contributed by atoms with Crippen LogP contribution in [0.4, 0.5) is 5.69 Å². The van der Waals surface area contributed by atoms with E-state index < -0.39 is 0 Å². The average molecular weight is 310 g/mol. The van der Waals surface area contributed by atoms with Crippen molar-refractivity contribution in [1.82, 2.24) is 0 Å². The lowest BCUT2D eigenvalue weighted by Crippen LogP contribution is -2.20. The summed E-state index contributed by atoms with van der Waals surface area (Å²) in [4.78, 5) is 11.8. The number of ether oxygens (including phenoxy) is 1. The van der Waals surface area contributed by atoms with Crippen LogP contribution in [-0.4, -0.2) is 12.5 Å². The number of para-hydroxylation sites is 1. The molecule has 2 rings (SSSR count). The van der Waals surface area contributed by atoms with Gasteiger partial charge in [0.05, 0.1) is 0 Å². The quantitative estimate of drug-likeness (QED) is 0.913. The van der Waals surface area contributed by atoms with Gasteiger partial charge in [0.25, 0.3) is 5.91 Å². The van der Waals surface area contributed by atoms with Gasteiger partial charge in [-0.15, -0.1) is 0 Å². The van der Waals surface area contributed by atoms with E-state index in [4.69, 9.17) is 27.9 Å². The van der Waals surface area contributed by atoms with E-state index in [1.54, 1.807) is 18.2 Å². The first-order chi connectivity index (χ1) is 9.54. The number of carbonyl (C=O) groups is 1. The molecular formula is C15H13Cl2NO2. The first-order valence-corrected chi connectivity index (χ1v) is 6.74. The van der Waals surface area contributed by atoms with Gasteiger partial charge in [0.15, 0.2) is 6.61 Å². The Morgan fingerprint density at radius 3 is 2.45 bits per heavy atom. The van der Waals surface area contributed by atoms with E-state index in [0.29, 0.717) is 15.8 Å². The number of hydrogen-bond donors (Lipinski definition) is 1. The van der Waals surface area contributed by atoms with Crippen LogP contribution >= 0.6 is 23.2 Å². The molecule has 0 fully saturated rings. The zero-order chi connectivity index (χ0) is 14.5. The number of nitrogens with one attached hydrogen (secondary N) is 1. The summed E-state index contributed by atoms with van der Waals surface area (Å²) in [5.41, 5.74) is 1.76. The highest BCUT2D eigenvalue weighted by Gasteiger charge is 2.06. The zero-order valence-corrected chi connectivity index (χ0v) is 12.3. The number of carbonyl (C=O) groups excluding carboxylic acids is 1. The lowest BCUT2D eigenvalue weighted by molar-refractivity contribution is -0.118. The lowest BCUT2D eigenvalue weighted by Gasteiger charge is -2.09. The fourth-order valence-corrected chi connectivity index (χ4v) is 2.17. The molecule has 0 aromatic heterocycles. The van der Waals surface area contributed by atoms with Crippen LogP contribution in [0.2, 0.25) is 10.0 Å². The van der Waals surface area contributed by atoms with Crippen LogP contribution in [0, 0.1) is 6.92 Å². The van der Waals surface area contributed by atoms with Crippen LogP contribution in [0.5, 0.6) is 5.75 Å². The average Bonchev–Trinajstić information content (AvgIpc) is 2.38. The van der Waals surface area contributed by atoms with Gasteiger partial charge in [-0.1, -0.05) is 41.4 Å². The van der Waals surface area contributed by atoms with Gasteiger partial charge >= 0.3 is 0 Å². The SMILES string of the molecule is Cc1ccccc1NC(=O)COc1cc(Cl)cc(Cl)c1. The maximum atomic E-state index is 11.8. The molecule has 0 aliphatic heterocycles. The van der Waals surface area contributed by atoms with E-state index in [1.807, 2.05) is 31.2 Å². The Morgan fingerprint density at radius 2 is 1.80 bits per heavy atom. The topological polar surface area (TPSA) is 38.3 Å². The molecule has 20 heavy (non-hydrogen) atoms. The van der Waals surface area contributed by atoms with E-state index in [-0.39, 0.29) is 12.5 Å². The molecule has 5 heteroatoms. The zero-order valence-electron chi connectivity index (χ0n) is 10.8. The molecule has 0 bridgehead atoms. The Labute approximate surface area is 127 Å². The van der Waals surface area contributed by atoms with Crippen molar-refractivity contribution < 1.29 is 9.53 Å². The summed E-state index contributed by atoms with van der Waals surface area (Å²) in [6, 6.07) is 12.3. The second-order valence-electron chi connectivity index (χ2n) is 4.26. The van der Waals surface area contributed by atoms with Crippen molar-refractivity contribution in [2.24, 2.45) is 0 Å². The van der Waals surface area contributed by atoms with E-state index in [1.165, 1.54) is 0 Å². The number of rotatable bonds is 4. The maximum Gasteiger partial charge on any atom is 0.262 e. The Morgan fingerprint density at radius 1 is 1.15 bits per heavy atom. The molecule has 1 N–H and O–H groups in total. The Hall–Kier alpha value is -1.71. The van der Waals surface area contributed by atoms with Crippen LogP contribution in [0.15, 0.2) is 42.5 Å². The normalized spacial score (nSPS) is 10.2. The maximum absolute atomic E-state index is 11.8. The number of hydrogen-bond acceptors (Lipinski definition) is 2. The van der Waals surface area contributed by atoms with Gasteiger partial charge in [-0.25, -0.2) is 0 Å². The number of amides is 1. The molecule has 0 heterocycles. The first kappa shape index (κ1) is 14.7. The number of halogens is 2. The van der Waals surface area contributed by atoms with Crippen molar-refractivity contribution in [2.75, 3.05) is 11.9 Å². The van der Waals surface area contributed by atoms with Crippen molar-refractivity contribution in [1.29, 1.82) is 0 Å². The van der Waals surface area contributed by atoms with E-state index in [2.05, 4.69) is 5.32 Å². The van der Waals surface area contributed by atoms with Crippen molar-refractivity contribution in [3.8, 4) is 5.75 Å². The summed E-state index contributed by atoms with van der Waals surface area (Å²) in [5.74, 6) is 0.220. The molecular weight excluding hydrogens is 297 g/mol. The molecule has 3 nitrogen and oxygen atoms in total. The third kappa shape index (κ3) is 4.15. The largest absolute Gasteiger partial charge is 0.484 e. The van der Waals surface area contributed by atoms with Gasteiger partial charge in [0, 0.05) is 15.7 Å². The van der Waals surface area contributed by atoms with Crippen LogP contribution < -0.4 is 10.1 Å². The molecule has 0 unspecified atom stereocenters. The minimum absolute atomic E-state index is 0.106. The standard InChI is InChI=1S/C15H13Cl2NO2/c1-10-4-2-3-5-14(10)18-15(19)9-20-13-7-11(16)6-12(17)8-13/h2-8H,9H2,1H3,(H,18,19). The minimum Gasteiger partial charge on any atom is -0.484 e. The monoisotopic (exact) mass is 309 g/mol. The molecule has 0 saturated heterocycles. The second kappa shape index (κ2) is 6.64. The van der Waals surface area contributed by atoms with E-state index in [9.17, 15) is 4.79 Å². The van der Waals surface area contributed by atoms with Gasteiger partial charge in [0.2, 0.25) is 0 Å². The molecule has 0 atom stereocenters. The number of anilines is 1. The van der Waals surface area contributed by atoms with Crippen LogP contribution in [0.1, 0.15) is 5.56 Å². The molecule has 2 aromatic rings. The van der Waals surface area contributed by atoms with E-state index >= 15 is 0 Å². The van der Waals surface area contributed by atoms with Crippen LogP contribution in [0.3, 0.4) is 0 Å². The van der Waals surface area contributed by atoms with Crippen LogP contribution in [0.25, 0.3) is 0 Å². The van der Waals surface area contributed by atoms with E-state index in [0.717, 1.165) is 11.3 Å². The van der Waals surface area contributed by atoms with Gasteiger partial charge < -0.3 is 10.1 Å². The Balaban J connectivity index is 1.94. The fraction of sp³-hybridized carbons (Fsp3) is 0.133. The third-order valence-electron chi connectivity index (χ3n) is 2.63. The second-order valence-corrected chi connectivity index (χ2v) is 5.13. The smallest absolute Gasteiger partial charge is 0.262 e. The molecule has 2 aromatic carbocycles. The molecule has 0 saturated carbocycles. The van der Waals surface area contributed by atoms with Crippen molar-refractivity contribution in [2.45, 2.75) is 6.92 Å². The molecule has 0 aliphatic rings. The summed E-state index contributed by atoms with van der Waals surface area (Å²) < 4.78 is 5.36. The summed E-state index contributed by atoms with van der Waals surface area (Å²) in [6.07, 6.45) is 0. The van der Waals surface area contributed by atoms with Crippen LogP contribution in [-0.2, 0) is 4.79 Å². The third-order valence-corrected chi connectivity index (χ3v) is 3.06. The minimum atomic E-state index is -0.240. The molecule has 0 radical (unpaired) electrons. The highest BCUT2D eigenvalue weighted by molar-refractivity contribution is 6.34. The lowest BCUT2D eigenvalue weighted by atomic mass is 10.2.